The molecule has 2 aromatic carbocycles. The number of pyridine rings is 1. The Morgan fingerprint density at radius 2 is 1.54 bits per heavy atom. The average molecular weight is 629 g/mol. The van der Waals surface area contributed by atoms with Crippen LogP contribution >= 0.6 is 23.2 Å². The van der Waals surface area contributed by atoms with Gasteiger partial charge in [0.15, 0.2) is 0 Å². The van der Waals surface area contributed by atoms with E-state index < -0.39 is 22.3 Å². The molecule has 7 nitrogen and oxygen atoms in total. The van der Waals surface area contributed by atoms with Crippen LogP contribution in [0.4, 0.5) is 13.2 Å². The minimum atomic E-state index is -4.46. The molecular formula is C28H26Cl2F3N3O4S. The van der Waals surface area contributed by atoms with Gasteiger partial charge < -0.3 is 4.74 Å². The predicted molar refractivity (Wildman–Crippen MR) is 150 cm³/mol. The van der Waals surface area contributed by atoms with Gasteiger partial charge in [-0.25, -0.2) is 15.0 Å². The van der Waals surface area contributed by atoms with Crippen LogP contribution < -0.4 is 4.74 Å². The summed E-state index contributed by atoms with van der Waals surface area (Å²) in [4.78, 5) is 12.6. The van der Waals surface area contributed by atoms with E-state index in [1.54, 1.807) is 12.3 Å². The molecule has 0 aliphatic heterocycles. The Kier molecular flexibility index (Phi) is 13.7. The van der Waals surface area contributed by atoms with Crippen LogP contribution in [-0.4, -0.2) is 27.6 Å². The molecule has 4 aromatic rings. The Hall–Kier alpha value is -3.54. The number of benzene rings is 2. The van der Waals surface area contributed by atoms with Crippen molar-refractivity contribution >= 4 is 33.8 Å². The molecule has 0 unspecified atom stereocenters. The smallest absolute Gasteiger partial charge is 0.425 e. The zero-order valence-corrected chi connectivity index (χ0v) is 24.4. The monoisotopic (exact) mass is 627 g/mol. The molecule has 0 saturated heterocycles. The summed E-state index contributed by atoms with van der Waals surface area (Å²) in [6, 6.07) is 16.7. The number of halogens is 5. The highest BCUT2D eigenvalue weighted by atomic mass is 35.5. The molecule has 13 heteroatoms. The van der Waals surface area contributed by atoms with Gasteiger partial charge in [0.2, 0.25) is 5.88 Å². The summed E-state index contributed by atoms with van der Waals surface area (Å²) < 4.78 is 69.0. The normalized spacial score (nSPS) is 10.5. The lowest BCUT2D eigenvalue weighted by molar-refractivity contribution is -0.137. The van der Waals surface area contributed by atoms with E-state index in [1.807, 2.05) is 31.2 Å². The van der Waals surface area contributed by atoms with Gasteiger partial charge >= 0.3 is 16.8 Å². The summed E-state index contributed by atoms with van der Waals surface area (Å²) in [5, 5.41) is 0.485. The topological polar surface area (TPSA) is 99.1 Å². The molecule has 0 radical (unpaired) electrons. The highest BCUT2D eigenvalue weighted by Crippen LogP contribution is 2.36. The number of alkyl halides is 3. The maximum Gasteiger partial charge on any atom is 0.425 e. The molecule has 0 bridgehead atoms. The van der Waals surface area contributed by atoms with Crippen molar-refractivity contribution in [3.8, 4) is 11.6 Å². The summed E-state index contributed by atoms with van der Waals surface area (Å²) in [6.45, 7) is 4.07. The fraction of sp³-hybridized carbons (Fsp3) is 0.250. The van der Waals surface area contributed by atoms with Gasteiger partial charge in [-0.15, -0.1) is 12.6 Å². The van der Waals surface area contributed by atoms with Crippen molar-refractivity contribution < 1.29 is 30.5 Å². The molecule has 0 atom stereocenters. The van der Waals surface area contributed by atoms with E-state index in [1.165, 1.54) is 18.0 Å². The van der Waals surface area contributed by atoms with Gasteiger partial charge in [-0.3, -0.25) is 0 Å². The highest BCUT2D eigenvalue weighted by Gasteiger charge is 2.31. The quantitative estimate of drug-likeness (QED) is 0.207. The van der Waals surface area contributed by atoms with Crippen molar-refractivity contribution in [2.24, 2.45) is 0 Å². The molecule has 2 heterocycles. The summed E-state index contributed by atoms with van der Waals surface area (Å²) in [7, 11) is -3.11. The first-order valence-corrected chi connectivity index (χ1v) is 13.9. The van der Waals surface area contributed by atoms with Gasteiger partial charge in [-0.05, 0) is 56.4 Å². The molecule has 41 heavy (non-hydrogen) atoms. The number of hydrogen-bond acceptors (Lipinski definition) is 7. The average Bonchev–Trinajstić information content (AvgIpc) is 2.92. The van der Waals surface area contributed by atoms with Crippen LogP contribution in [0.25, 0.3) is 0 Å². The van der Waals surface area contributed by atoms with E-state index in [2.05, 4.69) is 34.0 Å². The Balaban J connectivity index is 0.000000447. The van der Waals surface area contributed by atoms with Crippen molar-refractivity contribution in [1.82, 2.24) is 15.0 Å². The van der Waals surface area contributed by atoms with Crippen LogP contribution in [0.3, 0.4) is 0 Å². The van der Waals surface area contributed by atoms with E-state index >= 15 is 0 Å². The third-order valence-corrected chi connectivity index (χ3v) is 6.09. The number of hydrogen-bond donors (Lipinski definition) is 0. The Morgan fingerprint density at radius 3 is 2.05 bits per heavy atom. The predicted octanol–water partition coefficient (Wildman–Crippen LogP) is 7.72. The SMILES string of the molecule is CCc1ncnc(CCCc2ccc(Oc3ccc(C(F)(F)F)cc3Cl)nc2)c1Cl.Cc1ccccc1.O=S(=O)=O. The second-order valence-electron chi connectivity index (χ2n) is 8.40. The first-order chi connectivity index (χ1) is 19.4. The summed E-state index contributed by atoms with van der Waals surface area (Å²) in [5.74, 6) is 0.349. The van der Waals surface area contributed by atoms with Gasteiger partial charge in [-0.1, -0.05) is 72.1 Å². The molecule has 4 rings (SSSR count). The Labute approximate surface area is 247 Å². The third-order valence-electron chi connectivity index (χ3n) is 5.36. The van der Waals surface area contributed by atoms with E-state index in [0.717, 1.165) is 48.3 Å². The summed E-state index contributed by atoms with van der Waals surface area (Å²) >= 11 is 12.2. The molecule has 0 amide bonds. The van der Waals surface area contributed by atoms with Gasteiger partial charge in [0.1, 0.15) is 12.1 Å². The highest BCUT2D eigenvalue weighted by molar-refractivity contribution is 7.59. The Bertz CT molecular complexity index is 1500. The first kappa shape index (κ1) is 33.7. The van der Waals surface area contributed by atoms with Crippen molar-refractivity contribution in [3.05, 3.63) is 111 Å². The van der Waals surface area contributed by atoms with Gasteiger partial charge in [-0.2, -0.15) is 13.2 Å². The van der Waals surface area contributed by atoms with E-state index in [0.29, 0.717) is 11.4 Å². The lowest BCUT2D eigenvalue weighted by atomic mass is 10.1. The largest absolute Gasteiger partial charge is 0.437 e. The van der Waals surface area contributed by atoms with Crippen LogP contribution in [0.1, 0.15) is 41.4 Å². The molecule has 2 aromatic heterocycles. The fourth-order valence-electron chi connectivity index (χ4n) is 3.36. The van der Waals surface area contributed by atoms with Crippen LogP contribution in [0, 0.1) is 6.92 Å². The first-order valence-electron chi connectivity index (χ1n) is 12.2. The Morgan fingerprint density at radius 1 is 0.878 bits per heavy atom. The molecule has 0 aliphatic carbocycles. The number of nitrogens with zero attached hydrogens (tertiary/aromatic N) is 3. The number of aromatic nitrogens is 3. The minimum Gasteiger partial charge on any atom is -0.437 e. The number of rotatable bonds is 7. The molecular weight excluding hydrogens is 602 g/mol. The molecule has 0 N–H and O–H groups in total. The van der Waals surface area contributed by atoms with Crippen LogP contribution in [-0.2, 0) is 36.0 Å². The van der Waals surface area contributed by atoms with E-state index in [-0.39, 0.29) is 16.7 Å². The number of ether oxygens (including phenoxy) is 1. The number of aryl methyl sites for hydroxylation is 4. The second-order valence-corrected chi connectivity index (χ2v) is 9.59. The second kappa shape index (κ2) is 16.7. The third kappa shape index (κ3) is 12.2. The van der Waals surface area contributed by atoms with Gasteiger partial charge in [0.25, 0.3) is 0 Å². The standard InChI is InChI=1S/C21H18Cl2F3N3O.C7H8.O3S/c1-2-16-20(23)17(29-12-28-16)5-3-4-13-6-9-19(27-11-13)30-18-8-7-14(10-15(18)22)21(24,25)26;1-7-5-3-2-4-6-7;1-4(2)3/h6-12H,2-5H2,1H3;2-6H,1H3;. The summed E-state index contributed by atoms with van der Waals surface area (Å²) in [6.07, 6.45) is 1.78. The maximum atomic E-state index is 12.7. The zero-order chi connectivity index (χ0) is 30.4. The van der Waals surface area contributed by atoms with Crippen molar-refractivity contribution in [2.45, 2.75) is 45.7 Å². The van der Waals surface area contributed by atoms with E-state index in [9.17, 15) is 13.2 Å². The van der Waals surface area contributed by atoms with Crippen LogP contribution in [0.15, 0.2) is 73.2 Å². The van der Waals surface area contributed by atoms with Crippen LogP contribution in [0.2, 0.25) is 10.0 Å². The fourth-order valence-corrected chi connectivity index (χ4v) is 3.90. The minimum absolute atomic E-state index is 0.107. The van der Waals surface area contributed by atoms with Gasteiger partial charge in [0.05, 0.1) is 27.0 Å². The van der Waals surface area contributed by atoms with Crippen LogP contribution in [0.5, 0.6) is 11.6 Å². The lowest BCUT2D eigenvalue weighted by Gasteiger charge is -2.11. The van der Waals surface area contributed by atoms with Crippen molar-refractivity contribution in [3.63, 3.8) is 0 Å². The van der Waals surface area contributed by atoms with Gasteiger partial charge in [0, 0.05) is 12.3 Å². The molecule has 0 aliphatic rings. The molecule has 0 spiro atoms. The molecule has 218 valence electrons. The van der Waals surface area contributed by atoms with Crippen molar-refractivity contribution in [1.29, 1.82) is 0 Å². The maximum absolute atomic E-state index is 12.7. The van der Waals surface area contributed by atoms with E-state index in [4.69, 9.17) is 40.6 Å². The summed E-state index contributed by atoms with van der Waals surface area (Å²) in [5.41, 5.74) is 3.14. The lowest BCUT2D eigenvalue weighted by Crippen LogP contribution is -2.04. The molecule has 0 fully saturated rings. The molecule has 0 saturated carbocycles. The zero-order valence-electron chi connectivity index (χ0n) is 22.0. The van der Waals surface area contributed by atoms with Crippen molar-refractivity contribution in [2.75, 3.05) is 0 Å².